The SMILES string of the molecule is C/C=C\c1nc(Nc2ncc(C(=O)Nc3c(C)cccc3Cl)s2)nc(N2CCN(CCO)CC2)n1. The van der Waals surface area contributed by atoms with Gasteiger partial charge in [0.05, 0.1) is 23.5 Å². The molecule has 0 radical (unpaired) electrons. The van der Waals surface area contributed by atoms with Gasteiger partial charge in [-0.2, -0.15) is 15.0 Å². The lowest BCUT2D eigenvalue weighted by Gasteiger charge is -2.34. The molecule has 2 aromatic heterocycles. The highest BCUT2D eigenvalue weighted by atomic mass is 35.5. The second kappa shape index (κ2) is 11.5. The molecular weight excluding hydrogens is 488 g/mol. The lowest BCUT2D eigenvalue weighted by molar-refractivity contribution is 0.103. The average Bonchev–Trinajstić information content (AvgIpc) is 3.31. The summed E-state index contributed by atoms with van der Waals surface area (Å²) in [7, 11) is 0. The number of piperazine rings is 1. The Morgan fingerprint density at radius 2 is 2.03 bits per heavy atom. The monoisotopic (exact) mass is 514 g/mol. The maximum atomic E-state index is 12.8. The topological polar surface area (TPSA) is 119 Å². The Kier molecular flexibility index (Phi) is 8.24. The number of allylic oxidation sites excluding steroid dienone is 1. The average molecular weight is 515 g/mol. The van der Waals surface area contributed by atoms with E-state index in [4.69, 9.17) is 16.7 Å². The summed E-state index contributed by atoms with van der Waals surface area (Å²) in [6, 6.07) is 5.45. The second-order valence-electron chi connectivity index (χ2n) is 7.91. The van der Waals surface area contributed by atoms with E-state index >= 15 is 0 Å². The van der Waals surface area contributed by atoms with E-state index in [0.29, 0.717) is 45.0 Å². The molecule has 3 heterocycles. The van der Waals surface area contributed by atoms with E-state index in [1.807, 2.05) is 38.1 Å². The van der Waals surface area contributed by atoms with Crippen molar-refractivity contribution in [1.29, 1.82) is 0 Å². The van der Waals surface area contributed by atoms with Gasteiger partial charge < -0.3 is 15.3 Å². The number of aromatic nitrogens is 4. The number of hydrogen-bond acceptors (Lipinski definition) is 10. The van der Waals surface area contributed by atoms with Crippen molar-refractivity contribution in [2.45, 2.75) is 13.8 Å². The van der Waals surface area contributed by atoms with Crippen molar-refractivity contribution in [3.8, 4) is 0 Å². The Balaban J connectivity index is 1.48. The molecule has 35 heavy (non-hydrogen) atoms. The van der Waals surface area contributed by atoms with Crippen LogP contribution < -0.4 is 15.5 Å². The normalized spacial score (nSPS) is 14.5. The predicted molar refractivity (Wildman–Crippen MR) is 140 cm³/mol. The first kappa shape index (κ1) is 25.0. The first-order chi connectivity index (χ1) is 17.0. The number of benzene rings is 1. The molecule has 0 bridgehead atoms. The summed E-state index contributed by atoms with van der Waals surface area (Å²) >= 11 is 7.43. The maximum Gasteiger partial charge on any atom is 0.267 e. The third kappa shape index (κ3) is 6.31. The number of aliphatic hydroxyl groups excluding tert-OH is 1. The summed E-state index contributed by atoms with van der Waals surface area (Å²) in [6.07, 6.45) is 5.18. The molecule has 12 heteroatoms. The van der Waals surface area contributed by atoms with Gasteiger partial charge in [-0.15, -0.1) is 0 Å². The number of nitrogens with one attached hydrogen (secondary N) is 2. The van der Waals surface area contributed by atoms with Gasteiger partial charge in [0.2, 0.25) is 11.9 Å². The van der Waals surface area contributed by atoms with Crippen molar-refractivity contribution in [3.63, 3.8) is 0 Å². The Morgan fingerprint density at radius 1 is 1.23 bits per heavy atom. The van der Waals surface area contributed by atoms with Gasteiger partial charge in [0.25, 0.3) is 5.91 Å². The van der Waals surface area contributed by atoms with Crippen LogP contribution in [0, 0.1) is 6.92 Å². The Bertz CT molecular complexity index is 1190. The van der Waals surface area contributed by atoms with Gasteiger partial charge >= 0.3 is 0 Å². The molecule has 1 fully saturated rings. The molecule has 1 aliphatic heterocycles. The number of carbonyl (C=O) groups excluding carboxylic acids is 1. The lowest BCUT2D eigenvalue weighted by Crippen LogP contribution is -2.47. The van der Waals surface area contributed by atoms with Gasteiger partial charge in [-0.05, 0) is 31.6 Å². The van der Waals surface area contributed by atoms with Gasteiger partial charge in [-0.25, -0.2) is 4.98 Å². The van der Waals surface area contributed by atoms with Crippen LogP contribution in [0.25, 0.3) is 6.08 Å². The first-order valence-corrected chi connectivity index (χ1v) is 12.4. The van der Waals surface area contributed by atoms with Gasteiger partial charge in [-0.3, -0.25) is 15.0 Å². The minimum absolute atomic E-state index is 0.150. The van der Waals surface area contributed by atoms with Crippen LogP contribution in [0.3, 0.4) is 0 Å². The third-order valence-corrected chi connectivity index (χ3v) is 6.66. The fourth-order valence-electron chi connectivity index (χ4n) is 3.61. The van der Waals surface area contributed by atoms with Gasteiger partial charge in [0.1, 0.15) is 4.88 Å². The summed E-state index contributed by atoms with van der Waals surface area (Å²) in [5.41, 5.74) is 1.46. The Labute approximate surface area is 212 Å². The number of hydrogen-bond donors (Lipinski definition) is 3. The maximum absolute atomic E-state index is 12.8. The van der Waals surface area contributed by atoms with E-state index < -0.39 is 0 Å². The number of aliphatic hydroxyl groups is 1. The van der Waals surface area contributed by atoms with E-state index in [1.54, 1.807) is 6.07 Å². The molecule has 1 aliphatic rings. The van der Waals surface area contributed by atoms with E-state index in [9.17, 15) is 4.79 Å². The van der Waals surface area contributed by atoms with E-state index in [2.05, 4.69) is 40.4 Å². The standard InChI is InChI=1S/C23H27ClN8O2S/c1-3-5-18-26-21(29-22(27-18)32-10-8-31(9-11-32)12-13-33)30-23-25-14-17(35-23)20(34)28-19-15(2)6-4-7-16(19)24/h3-7,14,33H,8-13H2,1-2H3,(H,28,34)(H,25,26,27,29,30)/b5-3-. The van der Waals surface area contributed by atoms with Crippen LogP contribution in [0.2, 0.25) is 5.02 Å². The van der Waals surface area contributed by atoms with Crippen molar-refractivity contribution in [2.75, 3.05) is 54.9 Å². The molecule has 1 amide bonds. The minimum atomic E-state index is -0.293. The third-order valence-electron chi connectivity index (χ3n) is 5.44. The zero-order valence-electron chi connectivity index (χ0n) is 19.5. The molecule has 1 saturated heterocycles. The zero-order valence-corrected chi connectivity index (χ0v) is 21.1. The molecule has 3 aromatic rings. The molecule has 0 aliphatic carbocycles. The molecule has 0 spiro atoms. The predicted octanol–water partition coefficient (Wildman–Crippen LogP) is 3.43. The number of para-hydroxylation sites is 1. The van der Waals surface area contributed by atoms with Crippen LogP contribution >= 0.6 is 22.9 Å². The van der Waals surface area contributed by atoms with E-state index in [-0.39, 0.29) is 12.5 Å². The van der Waals surface area contributed by atoms with Gasteiger partial charge in [0.15, 0.2) is 11.0 Å². The van der Waals surface area contributed by atoms with Crippen molar-refractivity contribution in [3.05, 3.63) is 51.8 Å². The van der Waals surface area contributed by atoms with Crippen LogP contribution in [-0.2, 0) is 0 Å². The number of aryl methyl sites for hydroxylation is 1. The number of rotatable bonds is 8. The molecule has 184 valence electrons. The number of thiazole rings is 1. The van der Waals surface area contributed by atoms with Crippen molar-refractivity contribution >= 4 is 57.6 Å². The molecule has 0 unspecified atom stereocenters. The van der Waals surface area contributed by atoms with Crippen molar-refractivity contribution < 1.29 is 9.90 Å². The van der Waals surface area contributed by atoms with Crippen LogP contribution in [-0.4, -0.2) is 75.2 Å². The molecule has 0 atom stereocenters. The molecule has 3 N–H and O–H groups in total. The highest BCUT2D eigenvalue weighted by Crippen LogP contribution is 2.28. The summed E-state index contributed by atoms with van der Waals surface area (Å²) in [5.74, 6) is 1.16. The zero-order chi connectivity index (χ0) is 24.8. The fraction of sp³-hybridized carbons (Fsp3) is 0.348. The second-order valence-corrected chi connectivity index (χ2v) is 9.35. The molecule has 10 nitrogen and oxygen atoms in total. The fourth-order valence-corrected chi connectivity index (χ4v) is 4.59. The summed E-state index contributed by atoms with van der Waals surface area (Å²) in [4.78, 5) is 35.4. The van der Waals surface area contributed by atoms with Crippen molar-refractivity contribution in [2.24, 2.45) is 0 Å². The summed E-state index contributed by atoms with van der Waals surface area (Å²) in [5, 5.41) is 16.1. The smallest absolute Gasteiger partial charge is 0.267 e. The molecular formula is C23H27ClN8O2S. The molecule has 1 aromatic carbocycles. The van der Waals surface area contributed by atoms with Crippen LogP contribution in [0.5, 0.6) is 0 Å². The van der Waals surface area contributed by atoms with Crippen molar-refractivity contribution in [1.82, 2.24) is 24.8 Å². The molecule has 4 rings (SSSR count). The highest BCUT2D eigenvalue weighted by molar-refractivity contribution is 7.17. The minimum Gasteiger partial charge on any atom is -0.395 e. The summed E-state index contributed by atoms with van der Waals surface area (Å²) in [6.45, 7) is 7.75. The Morgan fingerprint density at radius 3 is 2.74 bits per heavy atom. The van der Waals surface area contributed by atoms with Crippen LogP contribution in [0.15, 0.2) is 30.5 Å². The van der Waals surface area contributed by atoms with Crippen LogP contribution in [0.1, 0.15) is 28.0 Å². The number of amides is 1. The van der Waals surface area contributed by atoms with E-state index in [0.717, 1.165) is 31.7 Å². The lowest BCUT2D eigenvalue weighted by atomic mass is 10.2. The quantitative estimate of drug-likeness (QED) is 0.415. The summed E-state index contributed by atoms with van der Waals surface area (Å²) < 4.78 is 0. The van der Waals surface area contributed by atoms with E-state index in [1.165, 1.54) is 17.5 Å². The first-order valence-electron chi connectivity index (χ1n) is 11.2. The number of β-amino-alcohol motifs (C(OH)–C–C–N with tert-alkyl or cyclic N) is 1. The van der Waals surface area contributed by atoms with Crippen LogP contribution in [0.4, 0.5) is 22.7 Å². The van der Waals surface area contributed by atoms with Gasteiger partial charge in [-0.1, -0.05) is 41.1 Å². The molecule has 0 saturated carbocycles. The highest BCUT2D eigenvalue weighted by Gasteiger charge is 2.20. The largest absolute Gasteiger partial charge is 0.395 e. The number of halogens is 1. The Hall–Kier alpha value is -3.12. The number of nitrogens with zero attached hydrogens (tertiary/aromatic N) is 6. The van der Waals surface area contributed by atoms with Gasteiger partial charge in [0, 0.05) is 32.7 Å². The number of anilines is 4. The number of carbonyl (C=O) groups is 1.